The molecule has 1 rings (SSSR count). The molecule has 4 heteroatoms. The fourth-order valence-electron chi connectivity index (χ4n) is 4.93. The molecule has 4 nitrogen and oxygen atoms in total. The average Bonchev–Trinajstić information content (AvgIpc) is 2.95. The second-order valence-corrected chi connectivity index (χ2v) is 11.2. The largest absolute Gasteiger partial charge is 0.491 e. The molecule has 0 aromatic heterocycles. The lowest BCUT2D eigenvalue weighted by atomic mass is 10.0. The number of aryl methyl sites for hydroxylation is 1. The standard InChI is InChI=1S/C35H62O4/c1-3-5-7-9-11-12-13-14-15-16-18-20-22-24-35(36)39-32-30-37-29-31-38-34-27-25-33(26-28-34)23-21-19-17-10-8-6-4-2/h25-28H,3-24,29-32H2,1-2H3. The molecule has 0 aliphatic heterocycles. The third-order valence-electron chi connectivity index (χ3n) is 7.46. The summed E-state index contributed by atoms with van der Waals surface area (Å²) in [5, 5.41) is 0. The van der Waals surface area contributed by atoms with Crippen LogP contribution in [0.1, 0.15) is 154 Å². The molecule has 0 radical (unpaired) electrons. The third kappa shape index (κ3) is 24.0. The van der Waals surface area contributed by atoms with Crippen molar-refractivity contribution in [2.75, 3.05) is 26.4 Å². The maximum absolute atomic E-state index is 11.9. The molecule has 0 spiro atoms. The summed E-state index contributed by atoms with van der Waals surface area (Å²) in [7, 11) is 0. The Hall–Kier alpha value is -1.55. The molecule has 0 atom stereocenters. The first-order chi connectivity index (χ1) is 19.3. The molecule has 39 heavy (non-hydrogen) atoms. The van der Waals surface area contributed by atoms with Gasteiger partial charge in [0.1, 0.15) is 19.0 Å². The highest BCUT2D eigenvalue weighted by molar-refractivity contribution is 5.69. The summed E-state index contributed by atoms with van der Waals surface area (Å²) in [6.07, 6.45) is 28.1. The lowest BCUT2D eigenvalue weighted by Gasteiger charge is -2.09. The van der Waals surface area contributed by atoms with Crippen molar-refractivity contribution in [1.29, 1.82) is 0 Å². The molecule has 0 heterocycles. The minimum atomic E-state index is -0.102. The molecule has 0 unspecified atom stereocenters. The first kappa shape index (κ1) is 35.5. The Morgan fingerprint density at radius 2 is 1.00 bits per heavy atom. The van der Waals surface area contributed by atoms with Crippen molar-refractivity contribution >= 4 is 5.97 Å². The van der Waals surface area contributed by atoms with Crippen LogP contribution in [0, 0.1) is 0 Å². The van der Waals surface area contributed by atoms with Crippen LogP contribution < -0.4 is 4.74 Å². The van der Waals surface area contributed by atoms with Crippen molar-refractivity contribution in [3.63, 3.8) is 0 Å². The monoisotopic (exact) mass is 546 g/mol. The molecule has 0 aliphatic carbocycles. The number of ether oxygens (including phenoxy) is 3. The number of hydrogen-bond donors (Lipinski definition) is 0. The Kier molecular flexibility index (Phi) is 25.5. The molecule has 0 bridgehead atoms. The van der Waals surface area contributed by atoms with E-state index in [1.54, 1.807) is 0 Å². The normalized spacial score (nSPS) is 11.1. The first-order valence-electron chi connectivity index (χ1n) is 16.7. The zero-order valence-electron chi connectivity index (χ0n) is 25.8. The van der Waals surface area contributed by atoms with Crippen molar-refractivity contribution in [3.8, 4) is 5.75 Å². The van der Waals surface area contributed by atoms with E-state index >= 15 is 0 Å². The SMILES string of the molecule is CCCCCCCCCCCCCCCC(=O)OCCOCCOc1ccc(CCCCCCCCC)cc1. The van der Waals surface area contributed by atoms with Gasteiger partial charge < -0.3 is 14.2 Å². The van der Waals surface area contributed by atoms with Crippen molar-refractivity contribution in [3.05, 3.63) is 29.8 Å². The zero-order valence-corrected chi connectivity index (χ0v) is 25.8. The van der Waals surface area contributed by atoms with Crippen LogP contribution in [0.3, 0.4) is 0 Å². The van der Waals surface area contributed by atoms with Gasteiger partial charge in [0.25, 0.3) is 0 Å². The number of esters is 1. The Morgan fingerprint density at radius 1 is 0.538 bits per heavy atom. The van der Waals surface area contributed by atoms with Crippen LogP contribution in [0.25, 0.3) is 0 Å². The maximum atomic E-state index is 11.9. The van der Waals surface area contributed by atoms with Crippen molar-refractivity contribution in [1.82, 2.24) is 0 Å². The van der Waals surface area contributed by atoms with Crippen molar-refractivity contribution in [2.45, 2.75) is 155 Å². The van der Waals surface area contributed by atoms with Gasteiger partial charge in [0.2, 0.25) is 0 Å². The van der Waals surface area contributed by atoms with Gasteiger partial charge in [0.15, 0.2) is 0 Å². The second kappa shape index (κ2) is 28.0. The van der Waals surface area contributed by atoms with E-state index < -0.39 is 0 Å². The van der Waals surface area contributed by atoms with Crippen LogP contribution in [-0.4, -0.2) is 32.4 Å². The van der Waals surface area contributed by atoms with Gasteiger partial charge >= 0.3 is 5.97 Å². The Balaban J connectivity index is 1.85. The van der Waals surface area contributed by atoms with Crippen LogP contribution in [0.5, 0.6) is 5.75 Å². The summed E-state index contributed by atoms with van der Waals surface area (Å²) in [5.41, 5.74) is 1.38. The lowest BCUT2D eigenvalue weighted by molar-refractivity contribution is -0.145. The van der Waals surface area contributed by atoms with Gasteiger partial charge in [-0.1, -0.05) is 142 Å². The molecule has 1 aromatic rings. The van der Waals surface area contributed by atoms with E-state index in [0.29, 0.717) is 32.8 Å². The van der Waals surface area contributed by atoms with Gasteiger partial charge in [-0.05, 0) is 37.0 Å². The molecule has 1 aromatic carbocycles. The highest BCUT2D eigenvalue weighted by atomic mass is 16.6. The van der Waals surface area contributed by atoms with E-state index in [1.807, 2.05) is 0 Å². The molecule has 0 saturated heterocycles. The van der Waals surface area contributed by atoms with Gasteiger partial charge in [-0.15, -0.1) is 0 Å². The summed E-state index contributed by atoms with van der Waals surface area (Å²) in [6, 6.07) is 8.44. The smallest absolute Gasteiger partial charge is 0.305 e. The highest BCUT2D eigenvalue weighted by Crippen LogP contribution is 2.16. The number of benzene rings is 1. The van der Waals surface area contributed by atoms with E-state index in [0.717, 1.165) is 25.0 Å². The van der Waals surface area contributed by atoms with Gasteiger partial charge in [-0.3, -0.25) is 4.79 Å². The molecule has 0 N–H and O–H groups in total. The predicted octanol–water partition coefficient (Wildman–Crippen LogP) is 10.4. The van der Waals surface area contributed by atoms with E-state index in [9.17, 15) is 4.79 Å². The summed E-state index contributed by atoms with van der Waals surface area (Å²) < 4.78 is 16.6. The minimum Gasteiger partial charge on any atom is -0.491 e. The molecule has 0 saturated carbocycles. The number of unbranched alkanes of at least 4 members (excludes halogenated alkanes) is 18. The minimum absolute atomic E-state index is 0.102. The lowest BCUT2D eigenvalue weighted by Crippen LogP contribution is -2.13. The summed E-state index contributed by atoms with van der Waals surface area (Å²) in [5.74, 6) is 0.778. The molecule has 0 amide bonds. The van der Waals surface area contributed by atoms with E-state index in [1.165, 1.54) is 121 Å². The van der Waals surface area contributed by atoms with E-state index in [2.05, 4.69) is 38.1 Å². The Morgan fingerprint density at radius 3 is 1.54 bits per heavy atom. The summed E-state index contributed by atoms with van der Waals surface area (Å²) >= 11 is 0. The van der Waals surface area contributed by atoms with Crippen LogP contribution in [0.15, 0.2) is 24.3 Å². The maximum Gasteiger partial charge on any atom is 0.305 e. The van der Waals surface area contributed by atoms with Crippen LogP contribution in [0.2, 0.25) is 0 Å². The van der Waals surface area contributed by atoms with E-state index in [4.69, 9.17) is 14.2 Å². The van der Waals surface area contributed by atoms with Gasteiger partial charge in [0, 0.05) is 6.42 Å². The zero-order chi connectivity index (χ0) is 28.1. The number of rotatable bonds is 29. The van der Waals surface area contributed by atoms with Crippen LogP contribution in [-0.2, 0) is 20.7 Å². The quantitative estimate of drug-likeness (QED) is 0.0740. The van der Waals surface area contributed by atoms with Crippen LogP contribution in [0.4, 0.5) is 0 Å². The Bertz CT molecular complexity index is 643. The van der Waals surface area contributed by atoms with Gasteiger partial charge in [0.05, 0.1) is 13.2 Å². The topological polar surface area (TPSA) is 44.8 Å². The van der Waals surface area contributed by atoms with E-state index in [-0.39, 0.29) is 5.97 Å². The second-order valence-electron chi connectivity index (χ2n) is 11.2. The number of carbonyl (C=O) groups excluding carboxylic acids is 1. The Labute approximate surface area is 242 Å². The fraction of sp³-hybridized carbons (Fsp3) is 0.800. The summed E-state index contributed by atoms with van der Waals surface area (Å²) in [4.78, 5) is 11.9. The van der Waals surface area contributed by atoms with Crippen molar-refractivity contribution in [2.24, 2.45) is 0 Å². The molecule has 0 aliphatic rings. The summed E-state index contributed by atoms with van der Waals surface area (Å²) in [6.45, 7) is 6.28. The molecular formula is C35H62O4. The molecule has 226 valence electrons. The van der Waals surface area contributed by atoms with Crippen LogP contribution >= 0.6 is 0 Å². The molecule has 0 fully saturated rings. The predicted molar refractivity (Wildman–Crippen MR) is 166 cm³/mol. The highest BCUT2D eigenvalue weighted by Gasteiger charge is 2.03. The molecular weight excluding hydrogens is 484 g/mol. The number of carbonyl (C=O) groups is 1. The van der Waals surface area contributed by atoms with Crippen molar-refractivity contribution < 1.29 is 19.0 Å². The first-order valence-corrected chi connectivity index (χ1v) is 16.7. The fourth-order valence-corrected chi connectivity index (χ4v) is 4.93. The van der Waals surface area contributed by atoms with Gasteiger partial charge in [-0.25, -0.2) is 0 Å². The average molecular weight is 547 g/mol. The number of hydrogen-bond acceptors (Lipinski definition) is 4. The third-order valence-corrected chi connectivity index (χ3v) is 7.46. The van der Waals surface area contributed by atoms with Gasteiger partial charge in [-0.2, -0.15) is 0 Å².